The molecule has 0 spiro atoms. The van der Waals surface area contributed by atoms with Crippen molar-refractivity contribution in [2.45, 2.75) is 19.8 Å². The second-order valence-corrected chi connectivity index (χ2v) is 6.63. The highest BCUT2D eigenvalue weighted by Gasteiger charge is 2.30. The first-order valence-electron chi connectivity index (χ1n) is 6.19. The maximum atomic E-state index is 12.3. The molecule has 1 amide bonds. The Hall–Kier alpha value is -0.950. The molecule has 0 bridgehead atoms. The molecule has 0 aromatic carbocycles. The first-order valence-corrected chi connectivity index (χ1v) is 7.80. The standard InChI is InChI=1S/C12H15BrN2O3S/c1-2-18-11(17)8-4-3-5-15(7-8)10(16)9-6-14-12(13)19-9/h6,8H,2-5,7H2,1H3/t8-/m0/s1. The highest BCUT2D eigenvalue weighted by molar-refractivity contribution is 9.11. The second-order valence-electron chi connectivity index (χ2n) is 4.32. The summed E-state index contributed by atoms with van der Waals surface area (Å²) in [6, 6.07) is 0. The molecule has 0 radical (unpaired) electrons. The summed E-state index contributed by atoms with van der Waals surface area (Å²) in [5.41, 5.74) is 0. The van der Waals surface area contributed by atoms with Gasteiger partial charge >= 0.3 is 5.97 Å². The van der Waals surface area contributed by atoms with E-state index in [1.165, 1.54) is 11.3 Å². The molecule has 2 heterocycles. The summed E-state index contributed by atoms with van der Waals surface area (Å²) in [6.45, 7) is 3.29. The molecule has 19 heavy (non-hydrogen) atoms. The molecule has 1 fully saturated rings. The zero-order valence-electron chi connectivity index (χ0n) is 10.6. The van der Waals surface area contributed by atoms with Crippen LogP contribution >= 0.6 is 27.3 Å². The summed E-state index contributed by atoms with van der Waals surface area (Å²) in [7, 11) is 0. The van der Waals surface area contributed by atoms with Crippen molar-refractivity contribution in [1.82, 2.24) is 9.88 Å². The van der Waals surface area contributed by atoms with E-state index in [1.807, 2.05) is 0 Å². The van der Waals surface area contributed by atoms with Crippen LogP contribution in [0, 0.1) is 5.92 Å². The van der Waals surface area contributed by atoms with E-state index in [1.54, 1.807) is 18.0 Å². The van der Waals surface area contributed by atoms with Gasteiger partial charge in [0.05, 0.1) is 18.7 Å². The fraction of sp³-hybridized carbons (Fsp3) is 0.583. The Morgan fingerprint density at radius 2 is 2.42 bits per heavy atom. The number of likely N-dealkylation sites (tertiary alicyclic amines) is 1. The number of thiazole rings is 1. The van der Waals surface area contributed by atoms with E-state index in [0.29, 0.717) is 28.5 Å². The van der Waals surface area contributed by atoms with Crippen LogP contribution in [-0.2, 0) is 9.53 Å². The van der Waals surface area contributed by atoms with Gasteiger partial charge in [-0.2, -0.15) is 0 Å². The zero-order valence-corrected chi connectivity index (χ0v) is 13.0. The monoisotopic (exact) mass is 346 g/mol. The van der Waals surface area contributed by atoms with Gasteiger partial charge in [0.1, 0.15) is 4.88 Å². The van der Waals surface area contributed by atoms with Crippen molar-refractivity contribution in [2.75, 3.05) is 19.7 Å². The maximum Gasteiger partial charge on any atom is 0.310 e. The minimum Gasteiger partial charge on any atom is -0.466 e. The predicted molar refractivity (Wildman–Crippen MR) is 75.1 cm³/mol. The number of carbonyl (C=O) groups is 2. The molecule has 1 atom stereocenters. The summed E-state index contributed by atoms with van der Waals surface area (Å²) >= 11 is 4.55. The van der Waals surface area contributed by atoms with Crippen LogP contribution < -0.4 is 0 Å². The van der Waals surface area contributed by atoms with Crippen molar-refractivity contribution in [3.8, 4) is 0 Å². The van der Waals surface area contributed by atoms with Gasteiger partial charge in [0.25, 0.3) is 5.91 Å². The molecule has 1 saturated heterocycles. The summed E-state index contributed by atoms with van der Waals surface area (Å²) < 4.78 is 5.71. The van der Waals surface area contributed by atoms with Gasteiger partial charge in [-0.3, -0.25) is 9.59 Å². The minimum absolute atomic E-state index is 0.0581. The van der Waals surface area contributed by atoms with E-state index in [9.17, 15) is 9.59 Å². The molecule has 1 aromatic rings. The molecule has 2 rings (SSSR count). The lowest BCUT2D eigenvalue weighted by atomic mass is 9.98. The van der Waals surface area contributed by atoms with Crippen LogP contribution in [0.3, 0.4) is 0 Å². The van der Waals surface area contributed by atoms with E-state index in [-0.39, 0.29) is 17.8 Å². The van der Waals surface area contributed by atoms with Crippen molar-refractivity contribution in [3.05, 3.63) is 15.0 Å². The SMILES string of the molecule is CCOC(=O)[C@H]1CCCN(C(=O)c2cnc(Br)s2)C1. The Morgan fingerprint density at radius 3 is 3.05 bits per heavy atom. The lowest BCUT2D eigenvalue weighted by Crippen LogP contribution is -2.42. The molecule has 104 valence electrons. The molecular weight excluding hydrogens is 332 g/mol. The lowest BCUT2D eigenvalue weighted by molar-refractivity contribution is -0.149. The lowest BCUT2D eigenvalue weighted by Gasteiger charge is -2.31. The molecule has 0 aliphatic carbocycles. The third-order valence-electron chi connectivity index (χ3n) is 3.02. The molecule has 1 aliphatic heterocycles. The minimum atomic E-state index is -0.203. The van der Waals surface area contributed by atoms with E-state index in [0.717, 1.165) is 12.8 Å². The first-order chi connectivity index (χ1) is 9.11. The van der Waals surface area contributed by atoms with E-state index in [2.05, 4.69) is 20.9 Å². The Kier molecular flexibility index (Phi) is 4.93. The van der Waals surface area contributed by atoms with E-state index in [4.69, 9.17) is 4.74 Å². The number of hydrogen-bond donors (Lipinski definition) is 0. The molecular formula is C12H15BrN2O3S. The van der Waals surface area contributed by atoms with Crippen molar-refractivity contribution in [2.24, 2.45) is 5.92 Å². The van der Waals surface area contributed by atoms with Gasteiger partial charge in [-0.15, -0.1) is 11.3 Å². The number of aromatic nitrogens is 1. The average molecular weight is 347 g/mol. The van der Waals surface area contributed by atoms with Gasteiger partial charge in [0.2, 0.25) is 0 Å². The maximum absolute atomic E-state index is 12.3. The Labute approximate surface area is 124 Å². The van der Waals surface area contributed by atoms with Gasteiger partial charge in [-0.1, -0.05) is 0 Å². The average Bonchev–Trinajstić information content (AvgIpc) is 2.85. The Bertz CT molecular complexity index is 477. The molecule has 5 nitrogen and oxygen atoms in total. The summed E-state index contributed by atoms with van der Waals surface area (Å²) in [5.74, 6) is -0.461. The topological polar surface area (TPSA) is 59.5 Å². The van der Waals surface area contributed by atoms with Crippen LogP contribution in [-0.4, -0.2) is 41.5 Å². The number of esters is 1. The van der Waals surface area contributed by atoms with Gasteiger partial charge in [0.15, 0.2) is 3.92 Å². The first kappa shape index (κ1) is 14.5. The fourth-order valence-electron chi connectivity index (χ4n) is 2.12. The van der Waals surface area contributed by atoms with Crippen LogP contribution in [0.15, 0.2) is 10.1 Å². The highest BCUT2D eigenvalue weighted by atomic mass is 79.9. The van der Waals surface area contributed by atoms with Gasteiger partial charge < -0.3 is 9.64 Å². The van der Waals surface area contributed by atoms with Gasteiger partial charge in [-0.05, 0) is 35.7 Å². The predicted octanol–water partition coefficient (Wildman–Crippen LogP) is 2.32. The number of hydrogen-bond acceptors (Lipinski definition) is 5. The third kappa shape index (κ3) is 3.54. The molecule has 0 saturated carbocycles. The van der Waals surface area contributed by atoms with Crippen LogP contribution in [0.4, 0.5) is 0 Å². The highest BCUT2D eigenvalue weighted by Crippen LogP contribution is 2.24. The van der Waals surface area contributed by atoms with Crippen molar-refractivity contribution >= 4 is 39.1 Å². The smallest absolute Gasteiger partial charge is 0.310 e. The summed E-state index contributed by atoms with van der Waals surface area (Å²) in [4.78, 5) is 30.3. The molecule has 1 aliphatic rings. The Morgan fingerprint density at radius 1 is 1.63 bits per heavy atom. The number of amides is 1. The van der Waals surface area contributed by atoms with Crippen molar-refractivity contribution in [1.29, 1.82) is 0 Å². The molecule has 0 N–H and O–H groups in total. The number of carbonyl (C=O) groups excluding carboxylic acids is 2. The quantitative estimate of drug-likeness (QED) is 0.788. The Balaban J connectivity index is 2.01. The number of rotatable bonds is 3. The molecule has 0 unspecified atom stereocenters. The number of piperidine rings is 1. The third-order valence-corrected chi connectivity index (χ3v) is 4.48. The normalized spacial score (nSPS) is 19.3. The van der Waals surface area contributed by atoms with Crippen LogP contribution in [0.2, 0.25) is 0 Å². The number of halogens is 1. The van der Waals surface area contributed by atoms with Crippen molar-refractivity contribution in [3.63, 3.8) is 0 Å². The second kappa shape index (κ2) is 6.47. The molecule has 1 aromatic heterocycles. The fourth-order valence-corrected chi connectivity index (χ4v) is 3.36. The zero-order chi connectivity index (χ0) is 13.8. The van der Waals surface area contributed by atoms with Gasteiger partial charge in [-0.25, -0.2) is 4.98 Å². The summed E-state index contributed by atoms with van der Waals surface area (Å²) in [5, 5.41) is 0. The van der Waals surface area contributed by atoms with Crippen LogP contribution in [0.25, 0.3) is 0 Å². The van der Waals surface area contributed by atoms with E-state index < -0.39 is 0 Å². The van der Waals surface area contributed by atoms with Crippen molar-refractivity contribution < 1.29 is 14.3 Å². The largest absolute Gasteiger partial charge is 0.466 e. The van der Waals surface area contributed by atoms with Crippen LogP contribution in [0.5, 0.6) is 0 Å². The van der Waals surface area contributed by atoms with Gasteiger partial charge in [0, 0.05) is 13.1 Å². The summed E-state index contributed by atoms with van der Waals surface area (Å²) in [6.07, 6.45) is 3.18. The number of ether oxygens (including phenoxy) is 1. The number of nitrogens with zero attached hydrogens (tertiary/aromatic N) is 2. The van der Waals surface area contributed by atoms with E-state index >= 15 is 0 Å². The van der Waals surface area contributed by atoms with Crippen LogP contribution in [0.1, 0.15) is 29.4 Å². The molecule has 7 heteroatoms.